The molecule has 17 heavy (non-hydrogen) atoms. The van der Waals surface area contributed by atoms with Crippen LogP contribution in [0.15, 0.2) is 41.0 Å². The Morgan fingerprint density at radius 1 is 1.29 bits per heavy atom. The van der Waals surface area contributed by atoms with Crippen molar-refractivity contribution in [2.75, 3.05) is 0 Å². The molecule has 0 aliphatic rings. The molecular weight excluding hydrogens is 238 g/mol. The summed E-state index contributed by atoms with van der Waals surface area (Å²) in [7, 11) is 0. The highest BCUT2D eigenvalue weighted by molar-refractivity contribution is 6.31. The van der Waals surface area contributed by atoms with E-state index in [1.807, 2.05) is 6.07 Å². The zero-order valence-electron chi connectivity index (χ0n) is 8.74. The number of hydrogen-bond acceptors (Lipinski definition) is 2. The monoisotopic (exact) mass is 245 g/mol. The number of benzene rings is 1. The number of carbonyl (C=O) groups excluding carboxylic acids is 1. The van der Waals surface area contributed by atoms with E-state index in [-0.39, 0.29) is 0 Å². The average Bonchev–Trinajstić information content (AvgIpc) is 2.94. The first-order valence-corrected chi connectivity index (χ1v) is 5.47. The molecule has 0 aliphatic carbocycles. The van der Waals surface area contributed by atoms with Crippen LogP contribution in [0, 0.1) is 0 Å². The van der Waals surface area contributed by atoms with Crippen LogP contribution in [-0.4, -0.2) is 11.3 Å². The Morgan fingerprint density at radius 3 is 2.88 bits per heavy atom. The normalized spacial score (nSPS) is 10.9. The average molecular weight is 246 g/mol. The summed E-state index contributed by atoms with van der Waals surface area (Å²) in [4.78, 5) is 14.4. The number of hydrogen-bond donors (Lipinski definition) is 1. The smallest absolute Gasteiger partial charge is 0.152 e. The third kappa shape index (κ3) is 1.56. The lowest BCUT2D eigenvalue weighted by molar-refractivity contribution is 0.112. The Morgan fingerprint density at radius 2 is 2.18 bits per heavy atom. The summed E-state index contributed by atoms with van der Waals surface area (Å²) in [5, 5.41) is 1.41. The van der Waals surface area contributed by atoms with Crippen molar-refractivity contribution in [2.45, 2.75) is 0 Å². The molecular formula is C13H8ClNO2. The first-order chi connectivity index (χ1) is 8.29. The van der Waals surface area contributed by atoms with Gasteiger partial charge in [-0.05, 0) is 30.3 Å². The predicted molar refractivity (Wildman–Crippen MR) is 66.4 cm³/mol. The van der Waals surface area contributed by atoms with E-state index in [9.17, 15) is 4.79 Å². The van der Waals surface area contributed by atoms with Gasteiger partial charge in [-0.25, -0.2) is 0 Å². The zero-order valence-corrected chi connectivity index (χ0v) is 9.49. The lowest BCUT2D eigenvalue weighted by Crippen LogP contribution is -1.81. The van der Waals surface area contributed by atoms with E-state index in [0.717, 1.165) is 17.2 Å². The van der Waals surface area contributed by atoms with Crippen LogP contribution in [0.2, 0.25) is 5.02 Å². The molecule has 1 N–H and O–H groups in total. The number of H-pyrrole nitrogens is 1. The molecule has 0 fully saturated rings. The molecule has 0 saturated heterocycles. The molecule has 4 heteroatoms. The summed E-state index contributed by atoms with van der Waals surface area (Å²) in [6, 6.07) is 8.98. The van der Waals surface area contributed by atoms with Crippen LogP contribution in [-0.2, 0) is 0 Å². The summed E-state index contributed by atoms with van der Waals surface area (Å²) < 4.78 is 5.30. The fourth-order valence-corrected chi connectivity index (χ4v) is 2.09. The second-order valence-corrected chi connectivity index (χ2v) is 4.14. The lowest BCUT2D eigenvalue weighted by Gasteiger charge is -1.93. The van der Waals surface area contributed by atoms with Crippen molar-refractivity contribution in [3.8, 4) is 11.5 Å². The van der Waals surface area contributed by atoms with Gasteiger partial charge >= 0.3 is 0 Å². The van der Waals surface area contributed by atoms with Crippen molar-refractivity contribution in [1.82, 2.24) is 4.98 Å². The molecule has 0 aliphatic heterocycles. The molecule has 3 nitrogen and oxygen atoms in total. The van der Waals surface area contributed by atoms with E-state index < -0.39 is 0 Å². The van der Waals surface area contributed by atoms with Gasteiger partial charge in [0.25, 0.3) is 0 Å². The van der Waals surface area contributed by atoms with Crippen LogP contribution in [0.25, 0.3) is 22.4 Å². The van der Waals surface area contributed by atoms with Gasteiger partial charge in [-0.2, -0.15) is 0 Å². The van der Waals surface area contributed by atoms with Crippen molar-refractivity contribution in [3.63, 3.8) is 0 Å². The molecule has 2 heterocycles. The summed E-state index contributed by atoms with van der Waals surface area (Å²) >= 11 is 5.93. The summed E-state index contributed by atoms with van der Waals surface area (Å²) in [5.74, 6) is 0.638. The van der Waals surface area contributed by atoms with Gasteiger partial charge in [0.1, 0.15) is 0 Å². The minimum absolute atomic E-state index is 0.567. The second kappa shape index (κ2) is 3.79. The molecule has 3 aromatic rings. The molecule has 0 amide bonds. The number of halogens is 1. The Bertz CT molecular complexity index is 683. The van der Waals surface area contributed by atoms with Crippen molar-refractivity contribution in [2.24, 2.45) is 0 Å². The number of aromatic amines is 1. The standard InChI is InChI=1S/C13H8ClNO2/c14-8-3-4-11-9(6-8)10(7-16)13(15-11)12-2-1-5-17-12/h1-7,15H. The molecule has 3 rings (SSSR count). The highest BCUT2D eigenvalue weighted by Crippen LogP contribution is 2.30. The van der Waals surface area contributed by atoms with Crippen LogP contribution in [0.5, 0.6) is 0 Å². The van der Waals surface area contributed by atoms with Gasteiger partial charge in [0.2, 0.25) is 0 Å². The maximum Gasteiger partial charge on any atom is 0.152 e. The van der Waals surface area contributed by atoms with Crippen molar-refractivity contribution in [1.29, 1.82) is 0 Å². The number of furan rings is 1. The number of aromatic nitrogens is 1. The fourth-order valence-electron chi connectivity index (χ4n) is 1.92. The van der Waals surface area contributed by atoms with Crippen LogP contribution in [0.1, 0.15) is 10.4 Å². The molecule has 0 atom stereocenters. The fraction of sp³-hybridized carbons (Fsp3) is 0. The van der Waals surface area contributed by atoms with E-state index in [1.165, 1.54) is 0 Å². The van der Waals surface area contributed by atoms with Gasteiger partial charge in [0, 0.05) is 15.9 Å². The summed E-state index contributed by atoms with van der Waals surface area (Å²) in [6.45, 7) is 0. The SMILES string of the molecule is O=Cc1c(-c2ccco2)[nH]c2ccc(Cl)cc12. The maximum absolute atomic E-state index is 11.2. The van der Waals surface area contributed by atoms with E-state index in [0.29, 0.717) is 22.0 Å². The first-order valence-electron chi connectivity index (χ1n) is 5.10. The minimum atomic E-state index is 0.567. The summed E-state index contributed by atoms with van der Waals surface area (Å²) in [6.07, 6.45) is 2.38. The molecule has 0 radical (unpaired) electrons. The van der Waals surface area contributed by atoms with Crippen molar-refractivity contribution >= 4 is 28.8 Å². The van der Waals surface area contributed by atoms with Crippen LogP contribution >= 0.6 is 11.6 Å². The van der Waals surface area contributed by atoms with Gasteiger partial charge in [-0.3, -0.25) is 4.79 Å². The second-order valence-electron chi connectivity index (χ2n) is 3.70. The number of aldehydes is 1. The van der Waals surface area contributed by atoms with Crippen molar-refractivity contribution in [3.05, 3.63) is 47.2 Å². The third-order valence-corrected chi connectivity index (χ3v) is 2.92. The topological polar surface area (TPSA) is 46.0 Å². The highest BCUT2D eigenvalue weighted by Gasteiger charge is 2.14. The van der Waals surface area contributed by atoms with Crippen LogP contribution in [0.4, 0.5) is 0 Å². The van der Waals surface area contributed by atoms with Gasteiger partial charge in [-0.15, -0.1) is 0 Å². The van der Waals surface area contributed by atoms with Gasteiger partial charge < -0.3 is 9.40 Å². The van der Waals surface area contributed by atoms with E-state index in [4.69, 9.17) is 16.0 Å². The van der Waals surface area contributed by atoms with Crippen molar-refractivity contribution < 1.29 is 9.21 Å². The van der Waals surface area contributed by atoms with Gasteiger partial charge in [0.05, 0.1) is 17.5 Å². The van der Waals surface area contributed by atoms with Gasteiger partial charge in [-0.1, -0.05) is 11.6 Å². The van der Waals surface area contributed by atoms with Gasteiger partial charge in [0.15, 0.2) is 12.0 Å². The van der Waals surface area contributed by atoms with Crippen LogP contribution < -0.4 is 0 Å². The highest BCUT2D eigenvalue weighted by atomic mass is 35.5. The molecule has 0 saturated carbocycles. The Labute approximate surface area is 102 Å². The van der Waals surface area contributed by atoms with E-state index in [1.54, 1.807) is 30.5 Å². The predicted octanol–water partition coefficient (Wildman–Crippen LogP) is 3.89. The van der Waals surface area contributed by atoms with E-state index in [2.05, 4.69) is 4.98 Å². The Balaban J connectivity index is 2.36. The molecule has 0 unspecified atom stereocenters. The number of nitrogens with one attached hydrogen (secondary N) is 1. The Kier molecular flexibility index (Phi) is 2.27. The third-order valence-electron chi connectivity index (χ3n) is 2.69. The molecule has 84 valence electrons. The van der Waals surface area contributed by atoms with E-state index >= 15 is 0 Å². The minimum Gasteiger partial charge on any atom is -0.463 e. The number of carbonyl (C=O) groups is 1. The number of rotatable bonds is 2. The largest absolute Gasteiger partial charge is 0.463 e. The summed E-state index contributed by atoms with van der Waals surface area (Å²) in [5.41, 5.74) is 2.11. The molecule has 0 spiro atoms. The van der Waals surface area contributed by atoms with Crippen LogP contribution in [0.3, 0.4) is 0 Å². The molecule has 1 aromatic carbocycles. The zero-order chi connectivity index (χ0) is 11.8. The first kappa shape index (κ1) is 10.2. The Hall–Kier alpha value is -2.00. The quantitative estimate of drug-likeness (QED) is 0.696. The lowest BCUT2D eigenvalue weighted by atomic mass is 10.1. The maximum atomic E-state index is 11.2. The number of fused-ring (bicyclic) bond motifs is 1. The molecule has 2 aromatic heterocycles. The molecule has 0 bridgehead atoms.